The minimum atomic E-state index is -1.21. The highest BCUT2D eigenvalue weighted by atomic mass is 35.5. The number of hydrogen-bond acceptors (Lipinski definition) is 6. The highest BCUT2D eigenvalue weighted by Crippen LogP contribution is 2.42. The summed E-state index contributed by atoms with van der Waals surface area (Å²) < 4.78 is 20.8. The van der Waals surface area contributed by atoms with Crippen LogP contribution in [0.5, 0.6) is 5.75 Å². The standard InChI is InChI=1S/C26H38ClFN2O2.C6H13NO/c1-3-4-5-6-7-14-30-15-12-26(19-31,13-16-30)11-10-23(28)25-21-17-20(32-2)8-9-24(21)29-18-22(25)27;8-5-6-1-3-7-4-2-6/h8-9,17-18,23,31H,3-7,10-16,19H2,1-2H3;6-8H,1-5H2. The first kappa shape index (κ1) is 33.0. The van der Waals surface area contributed by atoms with Gasteiger partial charge >= 0.3 is 0 Å². The van der Waals surface area contributed by atoms with E-state index < -0.39 is 6.17 Å². The smallest absolute Gasteiger partial charge is 0.127 e. The van der Waals surface area contributed by atoms with Gasteiger partial charge in [0.2, 0.25) is 0 Å². The van der Waals surface area contributed by atoms with Crippen molar-refractivity contribution in [2.75, 3.05) is 53.0 Å². The summed E-state index contributed by atoms with van der Waals surface area (Å²) in [5.74, 6) is 1.24. The lowest BCUT2D eigenvalue weighted by Gasteiger charge is -2.41. The Balaban J connectivity index is 0.000000472. The number of piperidine rings is 2. The highest BCUT2D eigenvalue weighted by molar-refractivity contribution is 6.32. The van der Waals surface area contributed by atoms with Crippen LogP contribution in [0.15, 0.2) is 24.4 Å². The van der Waals surface area contributed by atoms with Gasteiger partial charge in [0.05, 0.1) is 17.6 Å². The number of methoxy groups -OCH3 is 1. The van der Waals surface area contributed by atoms with Crippen molar-refractivity contribution in [1.82, 2.24) is 15.2 Å². The molecule has 40 heavy (non-hydrogen) atoms. The number of nitrogens with zero attached hydrogens (tertiary/aromatic N) is 2. The summed E-state index contributed by atoms with van der Waals surface area (Å²) in [6.45, 7) is 8.02. The molecule has 2 aromatic rings. The SMILES string of the molecule is CCCCCCCN1CCC(CO)(CCC(F)c2c(Cl)cnc3ccc(OC)cc23)CC1.OCC1CCNCC1. The Hall–Kier alpha value is -1.51. The van der Waals surface area contributed by atoms with Crippen molar-refractivity contribution in [3.8, 4) is 5.75 Å². The molecule has 3 N–H and O–H groups in total. The number of fused-ring (bicyclic) bond motifs is 1. The number of aliphatic hydroxyl groups excluding tert-OH is 2. The first-order valence-electron chi connectivity index (χ1n) is 15.4. The first-order valence-corrected chi connectivity index (χ1v) is 15.7. The monoisotopic (exact) mass is 579 g/mol. The van der Waals surface area contributed by atoms with Crippen LogP contribution in [-0.2, 0) is 0 Å². The van der Waals surface area contributed by atoms with Crippen LogP contribution in [0.3, 0.4) is 0 Å². The Morgan fingerprint density at radius 1 is 1.15 bits per heavy atom. The molecule has 0 spiro atoms. The molecule has 226 valence electrons. The van der Waals surface area contributed by atoms with E-state index >= 15 is 4.39 Å². The summed E-state index contributed by atoms with van der Waals surface area (Å²) in [6.07, 6.45) is 11.9. The summed E-state index contributed by atoms with van der Waals surface area (Å²) in [5.41, 5.74) is 0.987. The van der Waals surface area contributed by atoms with Gasteiger partial charge < -0.3 is 25.2 Å². The molecule has 1 unspecified atom stereocenters. The van der Waals surface area contributed by atoms with Gasteiger partial charge in [-0.05, 0) is 107 Å². The predicted octanol–water partition coefficient (Wildman–Crippen LogP) is 6.71. The van der Waals surface area contributed by atoms with Crippen LogP contribution in [-0.4, -0.2) is 73.1 Å². The van der Waals surface area contributed by atoms with Gasteiger partial charge in [-0.15, -0.1) is 0 Å². The third-order valence-electron chi connectivity index (χ3n) is 8.86. The van der Waals surface area contributed by atoms with Crippen molar-refractivity contribution in [1.29, 1.82) is 0 Å². The van der Waals surface area contributed by atoms with E-state index in [1.54, 1.807) is 13.2 Å². The fourth-order valence-corrected chi connectivity index (χ4v) is 6.20. The summed E-state index contributed by atoms with van der Waals surface area (Å²) >= 11 is 6.38. The molecule has 2 aliphatic rings. The summed E-state index contributed by atoms with van der Waals surface area (Å²) in [7, 11) is 1.59. The van der Waals surface area contributed by atoms with Gasteiger partial charge in [0.15, 0.2) is 0 Å². The number of nitrogens with one attached hydrogen (secondary N) is 1. The lowest BCUT2D eigenvalue weighted by Crippen LogP contribution is -2.42. The molecule has 2 fully saturated rings. The second-order valence-corrected chi connectivity index (χ2v) is 12.1. The fourth-order valence-electron chi connectivity index (χ4n) is 5.93. The number of hydrogen-bond donors (Lipinski definition) is 3. The highest BCUT2D eigenvalue weighted by Gasteiger charge is 2.35. The topological polar surface area (TPSA) is 77.9 Å². The number of aromatic nitrogens is 1. The van der Waals surface area contributed by atoms with Crippen LogP contribution in [0, 0.1) is 11.3 Å². The number of ether oxygens (including phenoxy) is 1. The average molecular weight is 580 g/mol. The second-order valence-electron chi connectivity index (χ2n) is 11.7. The lowest BCUT2D eigenvalue weighted by molar-refractivity contribution is 0.0298. The second kappa shape index (κ2) is 17.4. The number of alkyl halides is 1. The number of aliphatic hydroxyl groups is 2. The van der Waals surface area contributed by atoms with E-state index in [2.05, 4.69) is 22.1 Å². The van der Waals surface area contributed by atoms with Gasteiger partial charge in [-0.1, -0.05) is 44.2 Å². The zero-order valence-electron chi connectivity index (χ0n) is 24.6. The van der Waals surface area contributed by atoms with E-state index in [9.17, 15) is 5.11 Å². The lowest BCUT2D eigenvalue weighted by atomic mass is 9.74. The number of pyridine rings is 1. The van der Waals surface area contributed by atoms with E-state index in [1.807, 2.05) is 12.1 Å². The van der Waals surface area contributed by atoms with Gasteiger partial charge in [-0.3, -0.25) is 4.98 Å². The molecule has 1 aromatic heterocycles. The molecule has 0 saturated carbocycles. The number of likely N-dealkylation sites (tertiary alicyclic amines) is 1. The number of unbranched alkanes of at least 4 members (excludes halogenated alkanes) is 4. The van der Waals surface area contributed by atoms with Gasteiger partial charge in [0.1, 0.15) is 11.9 Å². The third-order valence-corrected chi connectivity index (χ3v) is 9.16. The molecule has 8 heteroatoms. The first-order chi connectivity index (χ1) is 19.4. The van der Waals surface area contributed by atoms with Gasteiger partial charge in [-0.2, -0.15) is 0 Å². The van der Waals surface area contributed by atoms with Crippen LogP contribution in [0.2, 0.25) is 5.02 Å². The fraction of sp³-hybridized carbons (Fsp3) is 0.719. The normalized spacial score (nSPS) is 18.8. The Bertz CT molecular complexity index is 997. The van der Waals surface area contributed by atoms with Crippen LogP contribution in [0.4, 0.5) is 4.39 Å². The largest absolute Gasteiger partial charge is 0.497 e. The zero-order chi connectivity index (χ0) is 28.8. The summed E-state index contributed by atoms with van der Waals surface area (Å²) in [6, 6.07) is 5.45. The maximum Gasteiger partial charge on any atom is 0.127 e. The molecule has 2 saturated heterocycles. The molecule has 6 nitrogen and oxygen atoms in total. The van der Waals surface area contributed by atoms with Gasteiger partial charge in [-0.25, -0.2) is 4.39 Å². The van der Waals surface area contributed by atoms with Crippen molar-refractivity contribution in [2.24, 2.45) is 11.3 Å². The van der Waals surface area contributed by atoms with Crippen LogP contribution in [0.1, 0.15) is 89.3 Å². The predicted molar refractivity (Wildman–Crippen MR) is 163 cm³/mol. The van der Waals surface area contributed by atoms with Crippen LogP contribution < -0.4 is 10.1 Å². The molecule has 3 heterocycles. The minimum absolute atomic E-state index is 0.114. The number of rotatable bonds is 13. The Morgan fingerprint density at radius 3 is 2.50 bits per heavy atom. The van der Waals surface area contributed by atoms with Crippen molar-refractivity contribution in [3.63, 3.8) is 0 Å². The quantitative estimate of drug-likeness (QED) is 0.229. The van der Waals surface area contributed by atoms with Gasteiger partial charge in [0, 0.05) is 30.4 Å². The van der Waals surface area contributed by atoms with E-state index in [-0.39, 0.29) is 12.0 Å². The summed E-state index contributed by atoms with van der Waals surface area (Å²) in [4.78, 5) is 6.83. The van der Waals surface area contributed by atoms with E-state index in [4.69, 9.17) is 21.4 Å². The van der Waals surface area contributed by atoms with E-state index in [0.717, 1.165) is 58.4 Å². The summed E-state index contributed by atoms with van der Waals surface area (Å²) in [5, 5.41) is 23.1. The van der Waals surface area contributed by atoms with Crippen LogP contribution in [0.25, 0.3) is 10.9 Å². The molecular weight excluding hydrogens is 529 g/mol. The Kier molecular flexibility index (Phi) is 14.4. The maximum atomic E-state index is 15.5. The molecule has 1 atom stereocenters. The third kappa shape index (κ3) is 9.80. The van der Waals surface area contributed by atoms with E-state index in [0.29, 0.717) is 52.6 Å². The maximum absolute atomic E-state index is 15.5. The van der Waals surface area contributed by atoms with Gasteiger partial charge in [0.25, 0.3) is 0 Å². The molecule has 0 aliphatic carbocycles. The van der Waals surface area contributed by atoms with Crippen LogP contribution >= 0.6 is 11.6 Å². The Morgan fingerprint density at radius 2 is 1.88 bits per heavy atom. The molecule has 1 aromatic carbocycles. The molecule has 0 radical (unpaired) electrons. The molecular formula is C32H51ClFN3O3. The van der Waals surface area contributed by atoms with Crippen molar-refractivity contribution < 1.29 is 19.3 Å². The average Bonchev–Trinajstić information content (AvgIpc) is 3.00. The number of halogens is 2. The van der Waals surface area contributed by atoms with Crippen molar-refractivity contribution in [3.05, 3.63) is 35.0 Å². The molecule has 2 aliphatic heterocycles. The van der Waals surface area contributed by atoms with Crippen molar-refractivity contribution in [2.45, 2.75) is 83.7 Å². The Labute approximate surface area is 245 Å². The molecule has 0 bridgehead atoms. The zero-order valence-corrected chi connectivity index (χ0v) is 25.4. The molecule has 0 amide bonds. The number of benzene rings is 1. The van der Waals surface area contributed by atoms with E-state index in [1.165, 1.54) is 38.3 Å². The minimum Gasteiger partial charge on any atom is -0.497 e. The van der Waals surface area contributed by atoms with Crippen molar-refractivity contribution >= 4 is 22.5 Å². The molecule has 4 rings (SSSR count).